The third-order valence-corrected chi connectivity index (χ3v) is 2.78. The Kier molecular flexibility index (Phi) is 3.56. The Labute approximate surface area is 105 Å². The Hall–Kier alpha value is -0.940. The molecule has 0 unspecified atom stereocenters. The molecule has 1 heterocycles. The van der Waals surface area contributed by atoms with Gasteiger partial charge in [0.2, 0.25) is 11.8 Å². The molecule has 0 aliphatic carbocycles. The van der Waals surface area contributed by atoms with Gasteiger partial charge < -0.3 is 4.42 Å². The van der Waals surface area contributed by atoms with Gasteiger partial charge >= 0.3 is 0 Å². The second kappa shape index (κ2) is 4.93. The molecule has 0 radical (unpaired) electrons. The van der Waals surface area contributed by atoms with Crippen LogP contribution in [0, 0.1) is 5.82 Å². The monoisotopic (exact) mass is 304 g/mol. The molecule has 3 nitrogen and oxygen atoms in total. The van der Waals surface area contributed by atoms with Crippen molar-refractivity contribution in [1.82, 2.24) is 10.2 Å². The zero-order chi connectivity index (χ0) is 11.5. The topological polar surface area (TPSA) is 38.9 Å². The maximum atomic E-state index is 12.9. The summed E-state index contributed by atoms with van der Waals surface area (Å²) < 4.78 is 18.8. The molecule has 0 bridgehead atoms. The van der Waals surface area contributed by atoms with Crippen LogP contribution < -0.4 is 0 Å². The molecule has 0 saturated carbocycles. The molecule has 6 heteroatoms. The molecule has 2 rings (SSSR count). The van der Waals surface area contributed by atoms with Crippen LogP contribution in [0.2, 0.25) is 0 Å². The molecular formula is C10H7BrClFN2O. The van der Waals surface area contributed by atoms with Gasteiger partial charge in [-0.15, -0.1) is 21.8 Å². The molecule has 0 aliphatic heterocycles. The first-order chi connectivity index (χ1) is 7.70. The summed E-state index contributed by atoms with van der Waals surface area (Å²) in [5, 5.41) is 7.70. The standard InChI is InChI=1S/C10H7BrClFN2O/c11-8-5-6(13)1-2-7(8)10-15-14-9(16-10)3-4-12/h1-2,5H,3-4H2. The van der Waals surface area contributed by atoms with Gasteiger partial charge in [0.05, 0.1) is 5.56 Å². The molecule has 0 saturated heterocycles. The minimum absolute atomic E-state index is 0.323. The average Bonchev–Trinajstić information content (AvgIpc) is 2.67. The Bertz CT molecular complexity index is 503. The number of alkyl halides is 1. The zero-order valence-electron chi connectivity index (χ0n) is 8.08. The number of hydrogen-bond acceptors (Lipinski definition) is 3. The summed E-state index contributed by atoms with van der Waals surface area (Å²) in [5.74, 6) is 0.927. The summed E-state index contributed by atoms with van der Waals surface area (Å²) in [5.41, 5.74) is 0.662. The lowest BCUT2D eigenvalue weighted by Gasteiger charge is -1.98. The highest BCUT2D eigenvalue weighted by atomic mass is 79.9. The van der Waals surface area contributed by atoms with E-state index < -0.39 is 0 Å². The van der Waals surface area contributed by atoms with Gasteiger partial charge in [-0.1, -0.05) is 0 Å². The number of aryl methyl sites for hydroxylation is 1. The van der Waals surface area contributed by atoms with Crippen molar-refractivity contribution in [3.63, 3.8) is 0 Å². The summed E-state index contributed by atoms with van der Waals surface area (Å²) in [6.07, 6.45) is 0.521. The number of nitrogens with zero attached hydrogens (tertiary/aromatic N) is 2. The fraction of sp³-hybridized carbons (Fsp3) is 0.200. The van der Waals surface area contributed by atoms with Crippen LogP contribution in [0.3, 0.4) is 0 Å². The molecule has 1 aromatic carbocycles. The lowest BCUT2D eigenvalue weighted by atomic mass is 10.2. The van der Waals surface area contributed by atoms with Crippen molar-refractivity contribution in [2.24, 2.45) is 0 Å². The molecule has 0 atom stereocenters. The van der Waals surface area contributed by atoms with Crippen molar-refractivity contribution in [2.45, 2.75) is 6.42 Å². The fourth-order valence-electron chi connectivity index (χ4n) is 1.21. The first kappa shape index (κ1) is 11.5. The van der Waals surface area contributed by atoms with Crippen LogP contribution >= 0.6 is 27.5 Å². The molecule has 0 aliphatic rings. The maximum absolute atomic E-state index is 12.9. The predicted molar refractivity (Wildman–Crippen MR) is 61.8 cm³/mol. The summed E-state index contributed by atoms with van der Waals surface area (Å²) in [6.45, 7) is 0. The van der Waals surface area contributed by atoms with Crippen LogP contribution in [0.1, 0.15) is 5.89 Å². The predicted octanol–water partition coefficient (Wildman–Crippen LogP) is 3.42. The van der Waals surface area contributed by atoms with E-state index >= 15 is 0 Å². The van der Waals surface area contributed by atoms with E-state index in [2.05, 4.69) is 26.1 Å². The van der Waals surface area contributed by atoms with Gasteiger partial charge in [-0.2, -0.15) is 0 Å². The molecule has 1 aromatic heterocycles. The van der Waals surface area contributed by atoms with Crippen molar-refractivity contribution in [1.29, 1.82) is 0 Å². The Balaban J connectivity index is 2.35. The first-order valence-electron chi connectivity index (χ1n) is 4.54. The van der Waals surface area contributed by atoms with Crippen molar-refractivity contribution >= 4 is 27.5 Å². The zero-order valence-corrected chi connectivity index (χ0v) is 10.4. The summed E-state index contributed by atoms with van der Waals surface area (Å²) in [6, 6.07) is 4.27. The SMILES string of the molecule is Fc1ccc(-c2nnc(CCCl)o2)c(Br)c1. The second-order valence-electron chi connectivity index (χ2n) is 3.06. The highest BCUT2D eigenvalue weighted by molar-refractivity contribution is 9.10. The van der Waals surface area contributed by atoms with Gasteiger partial charge in [0.25, 0.3) is 0 Å². The van der Waals surface area contributed by atoms with Crippen molar-refractivity contribution < 1.29 is 8.81 Å². The lowest BCUT2D eigenvalue weighted by Crippen LogP contribution is -1.84. The number of benzene rings is 1. The highest BCUT2D eigenvalue weighted by Crippen LogP contribution is 2.27. The minimum atomic E-state index is -0.323. The third-order valence-electron chi connectivity index (χ3n) is 1.94. The Morgan fingerprint density at radius 2 is 2.19 bits per heavy atom. The van der Waals surface area contributed by atoms with Gasteiger partial charge in [0.15, 0.2) is 0 Å². The van der Waals surface area contributed by atoms with E-state index in [0.29, 0.717) is 34.1 Å². The van der Waals surface area contributed by atoms with Crippen LogP contribution in [0.25, 0.3) is 11.5 Å². The van der Waals surface area contributed by atoms with Gasteiger partial charge in [-0.05, 0) is 34.1 Å². The van der Waals surface area contributed by atoms with Crippen molar-refractivity contribution in [3.05, 3.63) is 34.4 Å². The molecule has 0 fully saturated rings. The van der Waals surface area contributed by atoms with E-state index in [1.807, 2.05) is 0 Å². The lowest BCUT2D eigenvalue weighted by molar-refractivity contribution is 0.513. The van der Waals surface area contributed by atoms with E-state index in [1.54, 1.807) is 6.07 Å². The summed E-state index contributed by atoms with van der Waals surface area (Å²) in [4.78, 5) is 0. The second-order valence-corrected chi connectivity index (χ2v) is 4.30. The number of halogens is 3. The Morgan fingerprint density at radius 3 is 2.88 bits per heavy atom. The average molecular weight is 306 g/mol. The van der Waals surface area contributed by atoms with E-state index in [-0.39, 0.29) is 5.82 Å². The van der Waals surface area contributed by atoms with Crippen LogP contribution in [0.5, 0.6) is 0 Å². The van der Waals surface area contributed by atoms with Crippen LogP contribution in [0.4, 0.5) is 4.39 Å². The van der Waals surface area contributed by atoms with E-state index in [1.165, 1.54) is 12.1 Å². The van der Waals surface area contributed by atoms with Crippen molar-refractivity contribution in [2.75, 3.05) is 5.88 Å². The van der Waals surface area contributed by atoms with Gasteiger partial charge in [0.1, 0.15) is 5.82 Å². The number of hydrogen-bond donors (Lipinski definition) is 0. The number of aromatic nitrogens is 2. The van der Waals surface area contributed by atoms with E-state index in [0.717, 1.165) is 0 Å². The molecule has 84 valence electrons. The van der Waals surface area contributed by atoms with Gasteiger partial charge in [-0.25, -0.2) is 4.39 Å². The quantitative estimate of drug-likeness (QED) is 0.816. The molecule has 2 aromatic rings. The van der Waals surface area contributed by atoms with Crippen LogP contribution in [-0.4, -0.2) is 16.1 Å². The highest BCUT2D eigenvalue weighted by Gasteiger charge is 2.11. The van der Waals surface area contributed by atoms with Gasteiger partial charge in [0, 0.05) is 16.8 Å². The van der Waals surface area contributed by atoms with Crippen LogP contribution in [-0.2, 0) is 6.42 Å². The van der Waals surface area contributed by atoms with Gasteiger partial charge in [-0.3, -0.25) is 0 Å². The molecule has 0 spiro atoms. The van der Waals surface area contributed by atoms with Crippen LogP contribution in [0.15, 0.2) is 27.1 Å². The Morgan fingerprint density at radius 1 is 1.38 bits per heavy atom. The van der Waals surface area contributed by atoms with Crippen molar-refractivity contribution in [3.8, 4) is 11.5 Å². The molecular weight excluding hydrogens is 298 g/mol. The normalized spacial score (nSPS) is 10.7. The minimum Gasteiger partial charge on any atom is -0.421 e. The van der Waals surface area contributed by atoms with E-state index in [4.69, 9.17) is 16.0 Å². The summed E-state index contributed by atoms with van der Waals surface area (Å²) in [7, 11) is 0. The molecule has 0 amide bonds. The third kappa shape index (κ3) is 2.41. The number of rotatable bonds is 3. The van der Waals surface area contributed by atoms with E-state index in [9.17, 15) is 4.39 Å². The smallest absolute Gasteiger partial charge is 0.248 e. The molecule has 0 N–H and O–H groups in total. The maximum Gasteiger partial charge on any atom is 0.248 e. The fourth-order valence-corrected chi connectivity index (χ4v) is 1.89. The first-order valence-corrected chi connectivity index (χ1v) is 5.87. The summed E-state index contributed by atoms with van der Waals surface area (Å²) >= 11 is 8.79. The molecule has 16 heavy (non-hydrogen) atoms. The largest absolute Gasteiger partial charge is 0.421 e.